The van der Waals surface area contributed by atoms with Crippen molar-refractivity contribution >= 4 is 34.0 Å². The van der Waals surface area contributed by atoms with E-state index in [0.29, 0.717) is 6.54 Å². The Morgan fingerprint density at radius 3 is 2.40 bits per heavy atom. The van der Waals surface area contributed by atoms with Gasteiger partial charge in [0.2, 0.25) is 0 Å². The molecule has 0 amide bonds. The summed E-state index contributed by atoms with van der Waals surface area (Å²) in [7, 11) is 0. The van der Waals surface area contributed by atoms with Gasteiger partial charge in [0.05, 0.1) is 0 Å². The van der Waals surface area contributed by atoms with Gasteiger partial charge in [-0.25, -0.2) is 0 Å². The summed E-state index contributed by atoms with van der Waals surface area (Å²) in [4.78, 5) is 0. The molecule has 114 valence electrons. The van der Waals surface area contributed by atoms with Crippen LogP contribution in [-0.2, 0) is 0 Å². The SMILES string of the molecule is CC(C)CC/C=C/c1ccc(Br)cc1.NCCCSO. The van der Waals surface area contributed by atoms with E-state index in [1.165, 1.54) is 18.4 Å². The van der Waals surface area contributed by atoms with Crippen molar-refractivity contribution in [2.24, 2.45) is 11.7 Å². The summed E-state index contributed by atoms with van der Waals surface area (Å²) in [6.45, 7) is 5.19. The molecule has 0 atom stereocenters. The molecule has 0 bridgehead atoms. The van der Waals surface area contributed by atoms with Crippen molar-refractivity contribution in [3.05, 3.63) is 40.4 Å². The van der Waals surface area contributed by atoms with E-state index in [1.54, 1.807) is 0 Å². The first-order valence-electron chi connectivity index (χ1n) is 6.98. The van der Waals surface area contributed by atoms with Gasteiger partial charge in [-0.05, 0) is 61.5 Å². The average Bonchev–Trinajstić information content (AvgIpc) is 2.44. The first-order valence-corrected chi connectivity index (χ1v) is 8.72. The van der Waals surface area contributed by atoms with Gasteiger partial charge in [0.1, 0.15) is 0 Å². The van der Waals surface area contributed by atoms with E-state index in [-0.39, 0.29) is 0 Å². The molecule has 1 rings (SSSR count). The number of hydrogen-bond acceptors (Lipinski definition) is 3. The normalized spacial score (nSPS) is 10.7. The zero-order valence-electron chi connectivity index (χ0n) is 12.4. The van der Waals surface area contributed by atoms with Gasteiger partial charge in [-0.2, -0.15) is 0 Å². The van der Waals surface area contributed by atoms with E-state index >= 15 is 0 Å². The van der Waals surface area contributed by atoms with Crippen LogP contribution in [0.2, 0.25) is 0 Å². The lowest BCUT2D eigenvalue weighted by Crippen LogP contribution is -1.98. The molecule has 0 saturated carbocycles. The van der Waals surface area contributed by atoms with Crippen molar-refractivity contribution in [2.75, 3.05) is 12.3 Å². The zero-order valence-corrected chi connectivity index (χ0v) is 14.8. The van der Waals surface area contributed by atoms with Crippen molar-refractivity contribution in [1.82, 2.24) is 0 Å². The van der Waals surface area contributed by atoms with Gasteiger partial charge in [-0.3, -0.25) is 0 Å². The molecule has 1 aromatic rings. The predicted octanol–water partition coefficient (Wildman–Crippen LogP) is 5.44. The molecule has 4 heteroatoms. The van der Waals surface area contributed by atoms with Crippen molar-refractivity contribution in [3.8, 4) is 0 Å². The molecule has 1 aromatic carbocycles. The molecule has 0 aromatic heterocycles. The Morgan fingerprint density at radius 2 is 1.95 bits per heavy atom. The minimum Gasteiger partial charge on any atom is -0.330 e. The summed E-state index contributed by atoms with van der Waals surface area (Å²) in [5, 5.41) is 0. The maximum Gasteiger partial charge on any atom is 0.0207 e. The molecule has 0 radical (unpaired) electrons. The van der Waals surface area contributed by atoms with Crippen LogP contribution < -0.4 is 5.73 Å². The Balaban J connectivity index is 0.000000511. The lowest BCUT2D eigenvalue weighted by atomic mass is 10.1. The lowest BCUT2D eigenvalue weighted by molar-refractivity contribution is 0.595. The van der Waals surface area contributed by atoms with Crippen LogP contribution in [0.1, 0.15) is 38.7 Å². The van der Waals surface area contributed by atoms with Crippen molar-refractivity contribution in [1.29, 1.82) is 0 Å². The van der Waals surface area contributed by atoms with Gasteiger partial charge >= 0.3 is 0 Å². The summed E-state index contributed by atoms with van der Waals surface area (Å²) in [5.74, 6) is 1.56. The van der Waals surface area contributed by atoms with E-state index in [0.717, 1.165) is 34.6 Å². The molecule has 2 nitrogen and oxygen atoms in total. The minimum atomic E-state index is 0.674. The van der Waals surface area contributed by atoms with Crippen LogP contribution >= 0.6 is 28.0 Å². The molecule has 0 unspecified atom stereocenters. The first-order chi connectivity index (χ1) is 9.60. The van der Waals surface area contributed by atoms with Crippen LogP contribution in [-0.4, -0.2) is 16.9 Å². The van der Waals surface area contributed by atoms with Crippen molar-refractivity contribution < 1.29 is 4.55 Å². The second-order valence-electron chi connectivity index (χ2n) is 4.90. The van der Waals surface area contributed by atoms with E-state index in [2.05, 4.69) is 66.2 Å². The number of rotatable bonds is 7. The largest absolute Gasteiger partial charge is 0.330 e. The maximum absolute atomic E-state index is 8.06. The third-order valence-electron chi connectivity index (χ3n) is 2.53. The van der Waals surface area contributed by atoms with Gasteiger partial charge < -0.3 is 10.3 Å². The highest BCUT2D eigenvalue weighted by molar-refractivity contribution is 9.10. The fourth-order valence-electron chi connectivity index (χ4n) is 1.37. The van der Waals surface area contributed by atoms with Gasteiger partial charge in [0, 0.05) is 10.2 Å². The highest BCUT2D eigenvalue weighted by Gasteiger charge is 1.90. The highest BCUT2D eigenvalue weighted by atomic mass is 79.9. The van der Waals surface area contributed by atoms with E-state index in [1.807, 2.05) is 0 Å². The lowest BCUT2D eigenvalue weighted by Gasteiger charge is -1.99. The second-order valence-corrected chi connectivity index (χ2v) is 6.48. The maximum atomic E-state index is 8.06. The molecule has 0 heterocycles. The zero-order chi connectivity index (χ0) is 15.2. The number of allylic oxidation sites excluding steroid dienone is 1. The monoisotopic (exact) mass is 359 g/mol. The number of nitrogens with two attached hydrogens (primary N) is 1. The molecule has 3 N–H and O–H groups in total. The van der Waals surface area contributed by atoms with Crippen LogP contribution in [0, 0.1) is 5.92 Å². The smallest absolute Gasteiger partial charge is 0.0207 e. The first kappa shape index (κ1) is 19.7. The standard InChI is InChI=1S/C13H17Br.C3H9NOS/c1-11(2)5-3-4-6-12-7-9-13(14)10-8-12;4-2-1-3-6-5/h4,6-11H,3,5H2,1-2H3;5H,1-4H2/b6-4+;. The summed E-state index contributed by atoms with van der Waals surface area (Å²) in [6.07, 6.45) is 7.79. The molecular weight excluding hydrogens is 334 g/mol. The number of benzene rings is 1. The van der Waals surface area contributed by atoms with E-state index in [4.69, 9.17) is 10.3 Å². The fraction of sp³-hybridized carbons (Fsp3) is 0.500. The van der Waals surface area contributed by atoms with E-state index in [9.17, 15) is 0 Å². The second kappa shape index (κ2) is 13.7. The average molecular weight is 360 g/mol. The topological polar surface area (TPSA) is 46.2 Å². The Hall–Kier alpha value is -0.290. The summed E-state index contributed by atoms with van der Waals surface area (Å²) in [6, 6.07) is 8.39. The van der Waals surface area contributed by atoms with Crippen LogP contribution in [0.5, 0.6) is 0 Å². The van der Waals surface area contributed by atoms with Crippen LogP contribution in [0.3, 0.4) is 0 Å². The fourth-order valence-corrected chi connectivity index (χ4v) is 1.93. The van der Waals surface area contributed by atoms with Crippen molar-refractivity contribution in [2.45, 2.75) is 33.1 Å². The third kappa shape index (κ3) is 12.7. The van der Waals surface area contributed by atoms with Gasteiger partial charge in [0.15, 0.2) is 0 Å². The summed E-state index contributed by atoms with van der Waals surface area (Å²) in [5.41, 5.74) is 6.37. The molecule has 0 saturated heterocycles. The predicted molar refractivity (Wildman–Crippen MR) is 96.0 cm³/mol. The van der Waals surface area contributed by atoms with Gasteiger partial charge in [-0.1, -0.05) is 54.1 Å². The number of halogens is 1. The van der Waals surface area contributed by atoms with Crippen LogP contribution in [0.15, 0.2) is 34.8 Å². The molecule has 0 aliphatic carbocycles. The van der Waals surface area contributed by atoms with Gasteiger partial charge in [0.25, 0.3) is 0 Å². The summed E-state index contributed by atoms with van der Waals surface area (Å²) < 4.78 is 9.19. The van der Waals surface area contributed by atoms with Crippen molar-refractivity contribution in [3.63, 3.8) is 0 Å². The molecule has 0 aliphatic rings. The molecule has 0 fully saturated rings. The molecule has 0 aliphatic heterocycles. The Morgan fingerprint density at radius 1 is 1.30 bits per heavy atom. The number of hydrogen-bond donors (Lipinski definition) is 2. The quantitative estimate of drug-likeness (QED) is 0.503. The van der Waals surface area contributed by atoms with Crippen LogP contribution in [0.4, 0.5) is 0 Å². The Kier molecular flexibility index (Phi) is 13.5. The third-order valence-corrected chi connectivity index (χ3v) is 3.53. The molecule has 0 spiro atoms. The van der Waals surface area contributed by atoms with Crippen LogP contribution in [0.25, 0.3) is 6.08 Å². The minimum absolute atomic E-state index is 0.674. The Bertz CT molecular complexity index is 348. The molecular formula is C16H26BrNOS. The highest BCUT2D eigenvalue weighted by Crippen LogP contribution is 2.12. The van der Waals surface area contributed by atoms with E-state index < -0.39 is 0 Å². The Labute approximate surface area is 136 Å². The summed E-state index contributed by atoms with van der Waals surface area (Å²) >= 11 is 4.27. The molecule has 20 heavy (non-hydrogen) atoms. The van der Waals surface area contributed by atoms with Gasteiger partial charge in [-0.15, -0.1) is 0 Å².